The molecular weight excluding hydrogens is 304 g/mol. The van der Waals surface area contributed by atoms with Gasteiger partial charge in [-0.3, -0.25) is 4.79 Å². The number of nitrogens with one attached hydrogen (secondary N) is 1. The summed E-state index contributed by atoms with van der Waals surface area (Å²) in [6, 6.07) is 1.31. The molecule has 0 radical (unpaired) electrons. The van der Waals surface area contributed by atoms with Crippen LogP contribution in [0.5, 0.6) is 0 Å². The first-order valence-electron chi connectivity index (χ1n) is 7.15. The van der Waals surface area contributed by atoms with Crippen LogP contribution in [-0.4, -0.2) is 59.3 Å². The van der Waals surface area contributed by atoms with E-state index in [4.69, 9.17) is 0 Å². The van der Waals surface area contributed by atoms with Crippen molar-refractivity contribution in [2.75, 3.05) is 23.9 Å². The van der Waals surface area contributed by atoms with Crippen molar-refractivity contribution in [3.63, 3.8) is 0 Å². The zero-order valence-electron chi connectivity index (χ0n) is 13.3. The third-order valence-corrected chi connectivity index (χ3v) is 5.22. The predicted molar refractivity (Wildman–Crippen MR) is 84.6 cm³/mol. The molecule has 1 aliphatic heterocycles. The van der Waals surface area contributed by atoms with Gasteiger partial charge >= 0.3 is 0 Å². The second-order valence-corrected chi connectivity index (χ2v) is 8.87. The Morgan fingerprint density at radius 3 is 2.59 bits per heavy atom. The third kappa shape index (κ3) is 4.16. The van der Waals surface area contributed by atoms with Gasteiger partial charge in [0.05, 0.1) is 11.5 Å². The highest BCUT2D eigenvalue weighted by Gasteiger charge is 2.33. The molecule has 0 bridgehead atoms. The Labute approximate surface area is 131 Å². The lowest BCUT2D eigenvalue weighted by Crippen LogP contribution is -2.38. The molecule has 1 aliphatic rings. The van der Waals surface area contributed by atoms with Crippen LogP contribution in [0, 0.1) is 0 Å². The largest absolute Gasteiger partial charge is 0.365 e. The summed E-state index contributed by atoms with van der Waals surface area (Å²) in [4.78, 5) is 22.0. The first-order chi connectivity index (χ1) is 10.1. The van der Waals surface area contributed by atoms with Crippen LogP contribution in [0.4, 0.5) is 5.82 Å². The van der Waals surface area contributed by atoms with E-state index in [2.05, 4.69) is 15.3 Å². The molecule has 1 unspecified atom stereocenters. The molecule has 1 atom stereocenters. The molecule has 1 fully saturated rings. The lowest BCUT2D eigenvalue weighted by atomic mass is 10.1. The van der Waals surface area contributed by atoms with Crippen molar-refractivity contribution in [3.05, 3.63) is 18.1 Å². The van der Waals surface area contributed by atoms with Crippen molar-refractivity contribution in [1.82, 2.24) is 14.9 Å². The second kappa shape index (κ2) is 5.83. The van der Waals surface area contributed by atoms with Crippen molar-refractivity contribution >= 4 is 21.6 Å². The smallest absolute Gasteiger partial charge is 0.272 e. The summed E-state index contributed by atoms with van der Waals surface area (Å²) in [5, 5.41) is 3.18. The number of anilines is 1. The topological polar surface area (TPSA) is 92.3 Å². The maximum absolute atomic E-state index is 12.5. The molecule has 2 heterocycles. The van der Waals surface area contributed by atoms with Crippen molar-refractivity contribution in [2.45, 2.75) is 38.8 Å². The summed E-state index contributed by atoms with van der Waals surface area (Å²) in [5.41, 5.74) is 0.0775. The summed E-state index contributed by atoms with van der Waals surface area (Å²) in [6.07, 6.45) is 1.81. The van der Waals surface area contributed by atoms with Crippen LogP contribution in [0.2, 0.25) is 0 Å². The van der Waals surface area contributed by atoms with Gasteiger partial charge < -0.3 is 10.2 Å². The van der Waals surface area contributed by atoms with Gasteiger partial charge in [-0.25, -0.2) is 18.4 Å². The van der Waals surface area contributed by atoms with E-state index in [1.165, 1.54) is 11.2 Å². The average Bonchev–Trinajstić information content (AvgIpc) is 2.76. The SMILES string of the molecule is CN(C(=O)c1cc(NC(C)(C)C)ncn1)C1CCS(=O)(=O)C1. The van der Waals surface area contributed by atoms with Crippen LogP contribution < -0.4 is 5.32 Å². The number of carbonyl (C=O) groups is 1. The number of hydrogen-bond donors (Lipinski definition) is 1. The van der Waals surface area contributed by atoms with E-state index in [-0.39, 0.29) is 34.7 Å². The number of amides is 1. The molecule has 0 saturated carbocycles. The summed E-state index contributed by atoms with van der Waals surface area (Å²) < 4.78 is 23.1. The Bertz CT molecular complexity index is 667. The Morgan fingerprint density at radius 1 is 1.36 bits per heavy atom. The zero-order valence-corrected chi connectivity index (χ0v) is 14.1. The molecule has 0 aromatic carbocycles. The Hall–Kier alpha value is -1.70. The van der Waals surface area contributed by atoms with Crippen LogP contribution in [0.25, 0.3) is 0 Å². The normalized spacial score (nSPS) is 20.6. The fourth-order valence-corrected chi connectivity index (χ4v) is 4.13. The molecular formula is C14H22N4O3S. The van der Waals surface area contributed by atoms with Crippen LogP contribution >= 0.6 is 0 Å². The maximum atomic E-state index is 12.5. The van der Waals surface area contributed by atoms with Crippen LogP contribution in [0.1, 0.15) is 37.7 Å². The van der Waals surface area contributed by atoms with E-state index in [1.54, 1.807) is 13.1 Å². The fourth-order valence-electron chi connectivity index (χ4n) is 2.35. The van der Waals surface area contributed by atoms with Crippen molar-refractivity contribution < 1.29 is 13.2 Å². The van der Waals surface area contributed by atoms with Gasteiger partial charge in [0.1, 0.15) is 17.8 Å². The minimum absolute atomic E-state index is 0.0213. The van der Waals surface area contributed by atoms with Gasteiger partial charge in [-0.1, -0.05) is 0 Å². The molecule has 2 rings (SSSR count). The highest BCUT2D eigenvalue weighted by Crippen LogP contribution is 2.19. The molecule has 22 heavy (non-hydrogen) atoms. The number of nitrogens with zero attached hydrogens (tertiary/aromatic N) is 3. The van der Waals surface area contributed by atoms with Crippen molar-refractivity contribution in [2.24, 2.45) is 0 Å². The van der Waals surface area contributed by atoms with E-state index >= 15 is 0 Å². The van der Waals surface area contributed by atoms with E-state index in [0.717, 1.165) is 0 Å². The predicted octanol–water partition coefficient (Wildman–Crippen LogP) is 0.946. The number of carbonyl (C=O) groups excluding carboxylic acids is 1. The molecule has 8 heteroatoms. The van der Waals surface area contributed by atoms with E-state index < -0.39 is 9.84 Å². The quantitative estimate of drug-likeness (QED) is 0.889. The van der Waals surface area contributed by atoms with Gasteiger partial charge in [-0.05, 0) is 27.2 Å². The summed E-state index contributed by atoms with van der Waals surface area (Å²) in [6.45, 7) is 5.98. The molecule has 1 N–H and O–H groups in total. The molecule has 0 spiro atoms. The molecule has 1 aromatic rings. The second-order valence-electron chi connectivity index (χ2n) is 6.64. The van der Waals surface area contributed by atoms with Gasteiger partial charge in [0.15, 0.2) is 9.84 Å². The number of rotatable bonds is 3. The Kier molecular flexibility index (Phi) is 4.42. The summed E-state index contributed by atoms with van der Waals surface area (Å²) in [5.74, 6) is 0.434. The zero-order chi connectivity index (χ0) is 16.5. The van der Waals surface area contributed by atoms with E-state index in [9.17, 15) is 13.2 Å². The van der Waals surface area contributed by atoms with Crippen LogP contribution in [0.3, 0.4) is 0 Å². The fraction of sp³-hybridized carbons (Fsp3) is 0.643. The van der Waals surface area contributed by atoms with Crippen LogP contribution in [-0.2, 0) is 9.84 Å². The molecule has 1 amide bonds. The maximum Gasteiger partial charge on any atom is 0.272 e. The summed E-state index contributed by atoms with van der Waals surface area (Å²) >= 11 is 0. The minimum atomic E-state index is -3.03. The standard InChI is InChI=1S/C14H22N4O3S/c1-14(2,3)17-12-7-11(15-9-16-12)13(19)18(4)10-5-6-22(20,21)8-10/h7,9-10H,5-6,8H2,1-4H3,(H,15,16,17). The average molecular weight is 326 g/mol. The highest BCUT2D eigenvalue weighted by molar-refractivity contribution is 7.91. The molecule has 1 saturated heterocycles. The Balaban J connectivity index is 2.14. The highest BCUT2D eigenvalue weighted by atomic mass is 32.2. The Morgan fingerprint density at radius 2 is 2.05 bits per heavy atom. The number of sulfone groups is 1. The van der Waals surface area contributed by atoms with Gasteiger partial charge in [0.25, 0.3) is 5.91 Å². The molecule has 0 aliphatic carbocycles. The van der Waals surface area contributed by atoms with E-state index in [0.29, 0.717) is 12.2 Å². The molecule has 122 valence electrons. The van der Waals surface area contributed by atoms with Gasteiger partial charge in [0, 0.05) is 24.7 Å². The first kappa shape index (κ1) is 16.7. The monoisotopic (exact) mass is 326 g/mol. The van der Waals surface area contributed by atoms with Crippen molar-refractivity contribution in [1.29, 1.82) is 0 Å². The van der Waals surface area contributed by atoms with Crippen LogP contribution in [0.15, 0.2) is 12.4 Å². The van der Waals surface area contributed by atoms with Gasteiger partial charge in [-0.2, -0.15) is 0 Å². The minimum Gasteiger partial charge on any atom is -0.365 e. The lowest BCUT2D eigenvalue weighted by Gasteiger charge is -2.24. The van der Waals surface area contributed by atoms with Gasteiger partial charge in [0.2, 0.25) is 0 Å². The summed E-state index contributed by atoms with van der Waals surface area (Å²) in [7, 11) is -1.41. The number of hydrogen-bond acceptors (Lipinski definition) is 6. The van der Waals surface area contributed by atoms with Crippen molar-refractivity contribution in [3.8, 4) is 0 Å². The van der Waals surface area contributed by atoms with E-state index in [1.807, 2.05) is 20.8 Å². The molecule has 1 aromatic heterocycles. The molecule has 7 nitrogen and oxygen atoms in total. The first-order valence-corrected chi connectivity index (χ1v) is 8.97. The lowest BCUT2D eigenvalue weighted by molar-refractivity contribution is 0.0741. The third-order valence-electron chi connectivity index (χ3n) is 3.47. The van der Waals surface area contributed by atoms with Gasteiger partial charge in [-0.15, -0.1) is 0 Å². The number of aromatic nitrogens is 2.